The minimum absolute atomic E-state index is 0.163. The van der Waals surface area contributed by atoms with Crippen LogP contribution < -0.4 is 4.90 Å². The van der Waals surface area contributed by atoms with Crippen LogP contribution in [0.1, 0.15) is 25.1 Å². The number of anilines is 1. The minimum Gasteiger partial charge on any atom is -0.357 e. The molecule has 104 valence electrons. The van der Waals surface area contributed by atoms with E-state index in [1.807, 2.05) is 25.1 Å². The molecule has 0 radical (unpaired) electrons. The fraction of sp³-hybridized carbons (Fsp3) is 0.312. The van der Waals surface area contributed by atoms with Gasteiger partial charge in [0, 0.05) is 30.6 Å². The van der Waals surface area contributed by atoms with Crippen molar-refractivity contribution >= 4 is 17.6 Å². The van der Waals surface area contributed by atoms with Crippen molar-refractivity contribution in [1.29, 1.82) is 5.26 Å². The molecule has 0 amide bonds. The summed E-state index contributed by atoms with van der Waals surface area (Å²) in [5.41, 5.74) is 2.71. The van der Waals surface area contributed by atoms with Crippen LogP contribution in [0.25, 0.3) is 5.57 Å². The number of nitrogens with zero attached hydrogens (tertiary/aromatic N) is 4. The number of rotatable bonds is 6. The van der Waals surface area contributed by atoms with E-state index in [9.17, 15) is 0 Å². The third-order valence-corrected chi connectivity index (χ3v) is 3.01. The molecular weight excluding hydrogens is 248 g/mol. The van der Waals surface area contributed by atoms with Crippen molar-refractivity contribution in [3.05, 3.63) is 42.2 Å². The van der Waals surface area contributed by atoms with Crippen molar-refractivity contribution in [2.45, 2.75) is 20.8 Å². The summed E-state index contributed by atoms with van der Waals surface area (Å²) < 4.78 is 0. The van der Waals surface area contributed by atoms with Gasteiger partial charge in [0.2, 0.25) is 0 Å². The topological polar surface area (TPSA) is 52.3 Å². The Bertz CT molecular complexity index is 575. The van der Waals surface area contributed by atoms with E-state index in [1.54, 1.807) is 6.21 Å². The molecule has 4 heteroatoms. The lowest BCUT2D eigenvalue weighted by molar-refractivity contribution is 0.842. The van der Waals surface area contributed by atoms with Crippen molar-refractivity contribution in [2.75, 3.05) is 18.0 Å². The number of aromatic nitrogens is 1. The van der Waals surface area contributed by atoms with Gasteiger partial charge < -0.3 is 4.90 Å². The van der Waals surface area contributed by atoms with Gasteiger partial charge in [0.25, 0.3) is 0 Å². The molecule has 1 aromatic rings. The Labute approximate surface area is 120 Å². The van der Waals surface area contributed by atoms with Crippen LogP contribution in [0.2, 0.25) is 0 Å². The minimum atomic E-state index is 0.163. The maximum Gasteiger partial charge on any atom is 0.133 e. The Morgan fingerprint density at radius 3 is 2.55 bits per heavy atom. The standard InChI is InChI=1S/C16H20N4/c1-6-20(7-2)16-9-8-15(14(5)19-16)12(3)11-18-13(4)10-17/h8-9,11H,3-4,6-7H2,1-2,5H3. The lowest BCUT2D eigenvalue weighted by Gasteiger charge is -2.20. The van der Waals surface area contributed by atoms with E-state index in [2.05, 4.69) is 41.9 Å². The highest BCUT2D eigenvalue weighted by molar-refractivity contribution is 6.09. The van der Waals surface area contributed by atoms with Gasteiger partial charge in [-0.3, -0.25) is 0 Å². The summed E-state index contributed by atoms with van der Waals surface area (Å²) in [5.74, 6) is 0.961. The number of hydrogen-bond acceptors (Lipinski definition) is 4. The summed E-state index contributed by atoms with van der Waals surface area (Å²) in [5, 5.41) is 8.61. The molecule has 20 heavy (non-hydrogen) atoms. The quantitative estimate of drug-likeness (QED) is 0.587. The zero-order valence-electron chi connectivity index (χ0n) is 12.3. The largest absolute Gasteiger partial charge is 0.357 e. The Kier molecular flexibility index (Phi) is 5.67. The van der Waals surface area contributed by atoms with Gasteiger partial charge in [-0.25, -0.2) is 9.98 Å². The van der Waals surface area contributed by atoms with Crippen molar-refractivity contribution in [2.24, 2.45) is 4.99 Å². The SMILES string of the molecule is C=C(C#N)N=CC(=C)c1ccc(N(CC)CC)nc1C. The van der Waals surface area contributed by atoms with Crippen LogP contribution in [-0.2, 0) is 0 Å². The molecule has 1 rings (SSSR count). The lowest BCUT2D eigenvalue weighted by Crippen LogP contribution is -2.23. The third kappa shape index (κ3) is 3.79. The first kappa shape index (κ1) is 15.6. The second kappa shape index (κ2) is 7.25. The second-order valence-corrected chi connectivity index (χ2v) is 4.32. The number of nitriles is 1. The van der Waals surface area contributed by atoms with Gasteiger partial charge in [-0.05, 0) is 38.5 Å². The molecule has 0 spiro atoms. The summed E-state index contributed by atoms with van der Waals surface area (Å²) in [4.78, 5) is 10.7. The molecule has 0 aliphatic carbocycles. The molecule has 0 aliphatic heterocycles. The van der Waals surface area contributed by atoms with E-state index in [0.717, 1.165) is 35.7 Å². The van der Waals surface area contributed by atoms with Crippen molar-refractivity contribution in [3.8, 4) is 6.07 Å². The van der Waals surface area contributed by atoms with Gasteiger partial charge in [0.15, 0.2) is 0 Å². The summed E-state index contributed by atoms with van der Waals surface area (Å²) in [6.45, 7) is 15.5. The predicted molar refractivity (Wildman–Crippen MR) is 84.8 cm³/mol. The van der Waals surface area contributed by atoms with E-state index < -0.39 is 0 Å². The average molecular weight is 268 g/mol. The number of aliphatic imine (C=N–C) groups is 1. The van der Waals surface area contributed by atoms with Crippen molar-refractivity contribution < 1.29 is 0 Å². The first-order valence-corrected chi connectivity index (χ1v) is 6.58. The monoisotopic (exact) mass is 268 g/mol. The summed E-state index contributed by atoms with van der Waals surface area (Å²) >= 11 is 0. The first-order valence-electron chi connectivity index (χ1n) is 6.58. The molecule has 0 saturated heterocycles. The van der Waals surface area contributed by atoms with Crippen LogP contribution in [0.4, 0.5) is 5.82 Å². The third-order valence-electron chi connectivity index (χ3n) is 3.01. The van der Waals surface area contributed by atoms with Crippen molar-refractivity contribution in [3.63, 3.8) is 0 Å². The Hall–Kier alpha value is -2.41. The zero-order valence-corrected chi connectivity index (χ0v) is 12.3. The normalized spacial score (nSPS) is 10.3. The van der Waals surface area contributed by atoms with Crippen LogP contribution in [0, 0.1) is 18.3 Å². The molecule has 0 aliphatic rings. The fourth-order valence-corrected chi connectivity index (χ4v) is 1.87. The highest BCUT2D eigenvalue weighted by Crippen LogP contribution is 2.19. The van der Waals surface area contributed by atoms with Gasteiger partial charge in [0.05, 0.1) is 0 Å². The van der Waals surface area contributed by atoms with Gasteiger partial charge >= 0.3 is 0 Å². The van der Waals surface area contributed by atoms with Gasteiger partial charge in [-0.15, -0.1) is 0 Å². The Morgan fingerprint density at radius 1 is 1.40 bits per heavy atom. The van der Waals surface area contributed by atoms with Gasteiger partial charge in [0.1, 0.15) is 17.6 Å². The van der Waals surface area contributed by atoms with E-state index in [-0.39, 0.29) is 5.70 Å². The molecule has 0 unspecified atom stereocenters. The fourth-order valence-electron chi connectivity index (χ4n) is 1.87. The molecule has 0 fully saturated rings. The van der Waals surface area contributed by atoms with E-state index in [0.29, 0.717) is 0 Å². The van der Waals surface area contributed by atoms with E-state index in [4.69, 9.17) is 5.26 Å². The zero-order chi connectivity index (χ0) is 15.1. The van der Waals surface area contributed by atoms with Gasteiger partial charge in [-0.2, -0.15) is 5.26 Å². The highest BCUT2D eigenvalue weighted by Gasteiger charge is 2.07. The molecule has 0 atom stereocenters. The summed E-state index contributed by atoms with van der Waals surface area (Å²) in [6, 6.07) is 5.84. The maximum atomic E-state index is 8.61. The summed E-state index contributed by atoms with van der Waals surface area (Å²) in [7, 11) is 0. The van der Waals surface area contributed by atoms with E-state index in [1.165, 1.54) is 0 Å². The smallest absolute Gasteiger partial charge is 0.133 e. The van der Waals surface area contributed by atoms with Crippen LogP contribution in [-0.4, -0.2) is 24.3 Å². The van der Waals surface area contributed by atoms with Crippen LogP contribution >= 0.6 is 0 Å². The predicted octanol–water partition coefficient (Wildman–Crippen LogP) is 3.36. The molecule has 0 aromatic carbocycles. The number of allylic oxidation sites excluding steroid dienone is 2. The van der Waals surface area contributed by atoms with Crippen LogP contribution in [0.5, 0.6) is 0 Å². The van der Waals surface area contributed by atoms with Crippen LogP contribution in [0.3, 0.4) is 0 Å². The Balaban J connectivity index is 2.99. The average Bonchev–Trinajstić information content (AvgIpc) is 2.45. The van der Waals surface area contributed by atoms with E-state index >= 15 is 0 Å². The second-order valence-electron chi connectivity index (χ2n) is 4.32. The number of pyridine rings is 1. The molecule has 0 N–H and O–H groups in total. The number of aryl methyl sites for hydroxylation is 1. The molecule has 4 nitrogen and oxygen atoms in total. The van der Waals surface area contributed by atoms with Crippen molar-refractivity contribution in [1.82, 2.24) is 4.98 Å². The molecule has 0 bridgehead atoms. The summed E-state index contributed by atoms with van der Waals surface area (Å²) in [6.07, 6.45) is 1.55. The lowest BCUT2D eigenvalue weighted by atomic mass is 10.1. The molecular formula is C16H20N4. The van der Waals surface area contributed by atoms with Crippen LogP contribution in [0.15, 0.2) is 36.0 Å². The molecule has 1 heterocycles. The number of hydrogen-bond donors (Lipinski definition) is 0. The maximum absolute atomic E-state index is 8.61. The molecule has 0 saturated carbocycles. The van der Waals surface area contributed by atoms with Gasteiger partial charge in [-0.1, -0.05) is 13.2 Å². The highest BCUT2D eigenvalue weighted by atomic mass is 15.2. The Morgan fingerprint density at radius 2 is 2.05 bits per heavy atom. The first-order chi connectivity index (χ1) is 9.53. The molecule has 1 aromatic heterocycles.